The predicted molar refractivity (Wildman–Crippen MR) is 137 cm³/mol. The fourth-order valence-corrected chi connectivity index (χ4v) is 4.73. The second kappa shape index (κ2) is 9.50. The summed E-state index contributed by atoms with van der Waals surface area (Å²) in [6.07, 6.45) is 1.54. The summed E-state index contributed by atoms with van der Waals surface area (Å²) in [5, 5.41) is 17.6. The van der Waals surface area contributed by atoms with Crippen LogP contribution in [-0.2, 0) is 11.8 Å². The fourth-order valence-electron chi connectivity index (χ4n) is 4.73. The molecular formula is C27H28N4O5. The summed E-state index contributed by atoms with van der Waals surface area (Å²) in [6, 6.07) is 13.7. The zero-order valence-electron chi connectivity index (χ0n) is 20.4. The van der Waals surface area contributed by atoms with Crippen molar-refractivity contribution >= 4 is 28.5 Å². The van der Waals surface area contributed by atoms with E-state index in [1.54, 1.807) is 35.1 Å². The first-order valence-corrected chi connectivity index (χ1v) is 11.8. The van der Waals surface area contributed by atoms with Gasteiger partial charge in [-0.25, -0.2) is 4.79 Å². The van der Waals surface area contributed by atoms with Gasteiger partial charge >= 0.3 is 5.97 Å². The summed E-state index contributed by atoms with van der Waals surface area (Å²) in [7, 11) is 1.87. The van der Waals surface area contributed by atoms with Crippen molar-refractivity contribution in [3.05, 3.63) is 87.3 Å². The molecule has 2 aromatic heterocycles. The van der Waals surface area contributed by atoms with Gasteiger partial charge < -0.3 is 24.5 Å². The van der Waals surface area contributed by atoms with Crippen molar-refractivity contribution in [1.29, 1.82) is 0 Å². The summed E-state index contributed by atoms with van der Waals surface area (Å²) in [5.41, 5.74) is 3.68. The molecule has 9 heteroatoms. The Bertz CT molecular complexity index is 1490. The third-order valence-electron chi connectivity index (χ3n) is 6.55. The zero-order valence-corrected chi connectivity index (χ0v) is 20.4. The number of benzene rings is 2. The minimum Gasteiger partial charge on any atom is -0.478 e. The van der Waals surface area contributed by atoms with E-state index < -0.39 is 5.97 Å². The lowest BCUT2D eigenvalue weighted by atomic mass is 10.0. The molecule has 2 N–H and O–H groups in total. The number of ether oxygens (including phenoxy) is 1. The highest BCUT2D eigenvalue weighted by Gasteiger charge is 2.27. The van der Waals surface area contributed by atoms with Crippen molar-refractivity contribution in [3.8, 4) is 0 Å². The maximum atomic E-state index is 13.2. The second-order valence-corrected chi connectivity index (χ2v) is 9.08. The third kappa shape index (κ3) is 4.45. The first-order valence-electron chi connectivity index (χ1n) is 11.8. The Hall–Kier alpha value is -4.11. The number of carboxylic acids is 1. The number of aromatic nitrogens is 2. The number of carbonyl (C=O) groups is 1. The van der Waals surface area contributed by atoms with Crippen LogP contribution in [0.3, 0.4) is 0 Å². The highest BCUT2D eigenvalue weighted by atomic mass is 16.5. The van der Waals surface area contributed by atoms with Gasteiger partial charge in [0.15, 0.2) is 11.3 Å². The number of morpholine rings is 1. The number of hydrogen-bond donors (Lipinski definition) is 2. The molecule has 9 nitrogen and oxygen atoms in total. The highest BCUT2D eigenvalue weighted by molar-refractivity contribution is 5.94. The van der Waals surface area contributed by atoms with Crippen molar-refractivity contribution in [2.45, 2.75) is 26.0 Å². The molecule has 0 saturated carbocycles. The van der Waals surface area contributed by atoms with Gasteiger partial charge in [0.25, 0.3) is 0 Å². The number of rotatable bonds is 6. The lowest BCUT2D eigenvalue weighted by molar-refractivity contribution is 0.0332. The summed E-state index contributed by atoms with van der Waals surface area (Å²) in [5.74, 6) is -0.533. The molecule has 2 atom stereocenters. The van der Waals surface area contributed by atoms with E-state index in [0.29, 0.717) is 42.2 Å². The van der Waals surface area contributed by atoms with Gasteiger partial charge in [0.2, 0.25) is 0 Å². The van der Waals surface area contributed by atoms with Gasteiger partial charge in [-0.3, -0.25) is 9.48 Å². The molecule has 1 aliphatic rings. The lowest BCUT2D eigenvalue weighted by Gasteiger charge is -2.33. The van der Waals surface area contributed by atoms with E-state index in [2.05, 4.69) is 10.4 Å². The summed E-state index contributed by atoms with van der Waals surface area (Å²) in [6.45, 7) is 5.45. The minimum absolute atomic E-state index is 0.127. The molecule has 1 fully saturated rings. The van der Waals surface area contributed by atoms with E-state index in [1.165, 1.54) is 6.07 Å². The van der Waals surface area contributed by atoms with Crippen molar-refractivity contribution in [2.75, 3.05) is 29.9 Å². The molecule has 36 heavy (non-hydrogen) atoms. The maximum absolute atomic E-state index is 13.2. The van der Waals surface area contributed by atoms with Crippen LogP contribution in [0.2, 0.25) is 0 Å². The van der Waals surface area contributed by atoms with Crippen molar-refractivity contribution in [2.24, 2.45) is 7.05 Å². The van der Waals surface area contributed by atoms with Gasteiger partial charge in [0.1, 0.15) is 11.7 Å². The molecule has 1 aliphatic heterocycles. The number of aromatic carboxylic acids is 1. The van der Waals surface area contributed by atoms with Crippen LogP contribution >= 0.6 is 0 Å². The Labute approximate surface area is 207 Å². The lowest BCUT2D eigenvalue weighted by Crippen LogP contribution is -2.39. The Morgan fingerprint density at radius 1 is 1.22 bits per heavy atom. The van der Waals surface area contributed by atoms with E-state index in [1.807, 2.05) is 44.0 Å². The average Bonchev–Trinajstić information content (AvgIpc) is 3.30. The Kier molecular flexibility index (Phi) is 6.24. The maximum Gasteiger partial charge on any atom is 0.337 e. The van der Waals surface area contributed by atoms with Gasteiger partial charge in [0, 0.05) is 37.1 Å². The normalized spacial score (nSPS) is 16.8. The van der Waals surface area contributed by atoms with Crippen LogP contribution in [0, 0.1) is 6.92 Å². The largest absolute Gasteiger partial charge is 0.478 e. The standard InChI is InChI=1S/C27H28N4O5/c1-16-12-19(17(2)29-21-7-5-4-6-18(21)27(33)34)26-20(13-16)23(32)14-25(36-26)31-10-11-35-24(15-31)22-8-9-28-30(22)3/h4-9,12-14,17,24,29H,10-11,15H2,1-3H3,(H,33,34). The Morgan fingerprint density at radius 3 is 2.78 bits per heavy atom. The molecular weight excluding hydrogens is 460 g/mol. The van der Waals surface area contributed by atoms with Crippen LogP contribution in [-0.4, -0.2) is 40.6 Å². The van der Waals surface area contributed by atoms with Crippen LogP contribution < -0.4 is 15.6 Å². The second-order valence-electron chi connectivity index (χ2n) is 9.08. The number of anilines is 2. The molecule has 1 saturated heterocycles. The predicted octanol–water partition coefficient (Wildman–Crippen LogP) is 4.28. The highest BCUT2D eigenvalue weighted by Crippen LogP contribution is 2.32. The topological polar surface area (TPSA) is 110 Å². The molecule has 2 aromatic carbocycles. The summed E-state index contributed by atoms with van der Waals surface area (Å²) in [4.78, 5) is 26.9. The molecule has 2 unspecified atom stereocenters. The number of nitrogens with zero attached hydrogens (tertiary/aromatic N) is 3. The Balaban J connectivity index is 1.52. The third-order valence-corrected chi connectivity index (χ3v) is 6.55. The van der Waals surface area contributed by atoms with Gasteiger partial charge in [-0.05, 0) is 43.7 Å². The molecule has 0 bridgehead atoms. The number of aryl methyl sites for hydroxylation is 2. The number of nitrogens with one attached hydrogen (secondary N) is 1. The fraction of sp³-hybridized carbons (Fsp3) is 0.296. The van der Waals surface area contributed by atoms with Crippen LogP contribution in [0.15, 0.2) is 63.9 Å². The van der Waals surface area contributed by atoms with Crippen LogP contribution in [0.25, 0.3) is 11.0 Å². The van der Waals surface area contributed by atoms with Gasteiger partial charge in [0.05, 0.1) is 35.8 Å². The van der Waals surface area contributed by atoms with Crippen molar-refractivity contribution in [3.63, 3.8) is 0 Å². The van der Waals surface area contributed by atoms with E-state index >= 15 is 0 Å². The molecule has 4 aromatic rings. The minimum atomic E-state index is -1.01. The summed E-state index contributed by atoms with van der Waals surface area (Å²) >= 11 is 0. The molecule has 5 rings (SSSR count). The van der Waals surface area contributed by atoms with Crippen LogP contribution in [0.5, 0.6) is 0 Å². The van der Waals surface area contributed by atoms with Gasteiger partial charge in [-0.15, -0.1) is 0 Å². The van der Waals surface area contributed by atoms with Gasteiger partial charge in [-0.1, -0.05) is 18.2 Å². The quantitative estimate of drug-likeness (QED) is 0.414. The zero-order chi connectivity index (χ0) is 25.4. The van der Waals surface area contributed by atoms with Crippen LogP contribution in [0.4, 0.5) is 11.6 Å². The number of para-hydroxylation sites is 1. The Morgan fingerprint density at radius 2 is 2.03 bits per heavy atom. The van der Waals surface area contributed by atoms with Crippen molar-refractivity contribution in [1.82, 2.24) is 9.78 Å². The first-order chi connectivity index (χ1) is 17.3. The van der Waals surface area contributed by atoms with Gasteiger partial charge in [-0.2, -0.15) is 5.10 Å². The molecule has 0 aliphatic carbocycles. The molecule has 0 spiro atoms. The number of carboxylic acid groups (broad SMARTS) is 1. The van der Waals surface area contributed by atoms with Crippen LogP contribution in [0.1, 0.15) is 46.2 Å². The number of hydrogen-bond acceptors (Lipinski definition) is 7. The van der Waals surface area contributed by atoms with E-state index in [4.69, 9.17) is 9.15 Å². The molecule has 0 amide bonds. The monoisotopic (exact) mass is 488 g/mol. The first kappa shape index (κ1) is 23.6. The van der Waals surface area contributed by atoms with E-state index in [0.717, 1.165) is 16.8 Å². The smallest absolute Gasteiger partial charge is 0.337 e. The molecule has 186 valence electrons. The van der Waals surface area contributed by atoms with Crippen molar-refractivity contribution < 1.29 is 19.1 Å². The van der Waals surface area contributed by atoms with E-state index in [-0.39, 0.29) is 23.1 Å². The summed E-state index contributed by atoms with van der Waals surface area (Å²) < 4.78 is 14.1. The average molecular weight is 489 g/mol. The SMILES string of the molecule is Cc1cc(C(C)Nc2ccccc2C(=O)O)c2oc(N3CCOC(c4ccnn4C)C3)cc(=O)c2c1. The molecule has 3 heterocycles. The number of fused-ring (bicyclic) bond motifs is 1. The molecule has 0 radical (unpaired) electrons. The van der Waals surface area contributed by atoms with E-state index in [9.17, 15) is 14.7 Å².